The molecule has 2 unspecified atom stereocenters. The first kappa shape index (κ1) is 12.0. The molecule has 1 saturated heterocycles. The van der Waals surface area contributed by atoms with Crippen LogP contribution in [0.1, 0.15) is 37.3 Å². The molecule has 4 heteroatoms. The molecule has 0 radical (unpaired) electrons. The van der Waals surface area contributed by atoms with Crippen LogP contribution in [0.25, 0.3) is 0 Å². The Balaban J connectivity index is 2.07. The normalized spacial score (nSPS) is 24.5. The molecule has 2 rings (SSSR count). The van der Waals surface area contributed by atoms with Gasteiger partial charge in [-0.15, -0.1) is 0 Å². The topological polar surface area (TPSA) is 49.3 Å². The highest BCUT2D eigenvalue weighted by molar-refractivity contribution is 5.67. The van der Waals surface area contributed by atoms with Gasteiger partial charge in [0.05, 0.1) is 6.42 Å². The van der Waals surface area contributed by atoms with E-state index in [2.05, 4.69) is 5.32 Å². The molecule has 3 nitrogen and oxygen atoms in total. The number of halogens is 1. The average Bonchev–Trinajstić information content (AvgIpc) is 2.29. The fourth-order valence-electron chi connectivity index (χ4n) is 2.39. The Morgan fingerprint density at radius 3 is 2.88 bits per heavy atom. The van der Waals surface area contributed by atoms with Crippen LogP contribution in [-0.4, -0.2) is 17.1 Å². The fourth-order valence-corrected chi connectivity index (χ4v) is 2.39. The zero-order chi connectivity index (χ0) is 12.3. The van der Waals surface area contributed by atoms with Crippen molar-refractivity contribution in [3.05, 3.63) is 35.6 Å². The maximum absolute atomic E-state index is 13.6. The van der Waals surface area contributed by atoms with Gasteiger partial charge in [0.15, 0.2) is 0 Å². The second-order valence-corrected chi connectivity index (χ2v) is 4.47. The Labute approximate surface area is 99.7 Å². The van der Waals surface area contributed by atoms with E-state index in [0.29, 0.717) is 5.56 Å². The van der Waals surface area contributed by atoms with Crippen molar-refractivity contribution in [2.45, 2.75) is 37.8 Å². The smallest absolute Gasteiger partial charge is 0.304 e. The largest absolute Gasteiger partial charge is 0.481 e. The second kappa shape index (κ2) is 5.27. The van der Waals surface area contributed by atoms with Crippen molar-refractivity contribution in [2.75, 3.05) is 0 Å². The molecule has 2 N–H and O–H groups in total. The molecule has 0 spiro atoms. The Morgan fingerprint density at radius 1 is 1.41 bits per heavy atom. The van der Waals surface area contributed by atoms with Crippen molar-refractivity contribution < 1.29 is 14.3 Å². The SMILES string of the molecule is O=C(O)CC1CCCC(c2ccccc2F)N1. The summed E-state index contributed by atoms with van der Waals surface area (Å²) in [6, 6.07) is 6.56. The summed E-state index contributed by atoms with van der Waals surface area (Å²) in [5, 5.41) is 12.0. The third-order valence-corrected chi connectivity index (χ3v) is 3.18. The van der Waals surface area contributed by atoms with Crippen LogP contribution in [0.4, 0.5) is 4.39 Å². The van der Waals surface area contributed by atoms with E-state index in [1.807, 2.05) is 0 Å². The lowest BCUT2D eigenvalue weighted by molar-refractivity contribution is -0.137. The summed E-state index contributed by atoms with van der Waals surface area (Å²) in [7, 11) is 0. The number of carboxylic acid groups (broad SMARTS) is 1. The van der Waals surface area contributed by atoms with Crippen LogP contribution in [0.3, 0.4) is 0 Å². The standard InChI is InChI=1S/C13H16FNO2/c14-11-6-2-1-5-10(11)12-7-3-4-9(15-12)8-13(16)17/h1-2,5-6,9,12,15H,3-4,7-8H2,(H,16,17). The Kier molecular flexibility index (Phi) is 3.74. The third-order valence-electron chi connectivity index (χ3n) is 3.18. The van der Waals surface area contributed by atoms with Crippen molar-refractivity contribution in [2.24, 2.45) is 0 Å². The van der Waals surface area contributed by atoms with Gasteiger partial charge in [0, 0.05) is 17.6 Å². The average molecular weight is 237 g/mol. The summed E-state index contributed by atoms with van der Waals surface area (Å²) < 4.78 is 13.6. The quantitative estimate of drug-likeness (QED) is 0.849. The lowest BCUT2D eigenvalue weighted by atomic mass is 9.92. The Hall–Kier alpha value is -1.42. The Bertz CT molecular complexity index is 408. The predicted octanol–water partition coefficient (Wildman–Crippen LogP) is 2.48. The van der Waals surface area contributed by atoms with Crippen molar-refractivity contribution in [3.63, 3.8) is 0 Å². The number of aliphatic carboxylic acids is 1. The number of benzene rings is 1. The van der Waals surface area contributed by atoms with Crippen molar-refractivity contribution in [1.82, 2.24) is 5.32 Å². The molecule has 0 amide bonds. The number of carboxylic acids is 1. The van der Waals surface area contributed by atoms with Crippen LogP contribution in [0, 0.1) is 5.82 Å². The molecule has 0 saturated carbocycles. The number of carbonyl (C=O) groups is 1. The van der Waals surface area contributed by atoms with Gasteiger partial charge < -0.3 is 10.4 Å². The van der Waals surface area contributed by atoms with Gasteiger partial charge in [-0.05, 0) is 25.3 Å². The van der Waals surface area contributed by atoms with Crippen molar-refractivity contribution in [1.29, 1.82) is 0 Å². The molecule has 1 heterocycles. The molecule has 0 aromatic heterocycles. The van der Waals surface area contributed by atoms with E-state index in [1.54, 1.807) is 18.2 Å². The van der Waals surface area contributed by atoms with E-state index in [4.69, 9.17) is 5.11 Å². The zero-order valence-electron chi connectivity index (χ0n) is 9.53. The van der Waals surface area contributed by atoms with Gasteiger partial charge in [-0.25, -0.2) is 4.39 Å². The van der Waals surface area contributed by atoms with Gasteiger partial charge in [0.1, 0.15) is 5.82 Å². The highest BCUT2D eigenvalue weighted by atomic mass is 19.1. The van der Waals surface area contributed by atoms with Crippen LogP contribution >= 0.6 is 0 Å². The minimum atomic E-state index is -0.809. The highest BCUT2D eigenvalue weighted by Crippen LogP contribution is 2.28. The predicted molar refractivity (Wildman–Crippen MR) is 62.2 cm³/mol. The van der Waals surface area contributed by atoms with Crippen LogP contribution in [0.15, 0.2) is 24.3 Å². The molecule has 1 aliphatic heterocycles. The maximum Gasteiger partial charge on any atom is 0.304 e. The van der Waals surface area contributed by atoms with Crippen LogP contribution < -0.4 is 5.32 Å². The third kappa shape index (κ3) is 3.03. The van der Waals surface area contributed by atoms with Gasteiger partial charge >= 0.3 is 5.97 Å². The summed E-state index contributed by atoms with van der Waals surface area (Å²) in [5.74, 6) is -1.03. The van der Waals surface area contributed by atoms with Gasteiger partial charge in [-0.1, -0.05) is 18.2 Å². The van der Waals surface area contributed by atoms with E-state index in [9.17, 15) is 9.18 Å². The summed E-state index contributed by atoms with van der Waals surface area (Å²) in [5.41, 5.74) is 0.641. The minimum Gasteiger partial charge on any atom is -0.481 e. The van der Waals surface area contributed by atoms with E-state index in [1.165, 1.54) is 6.07 Å². The Morgan fingerprint density at radius 2 is 2.18 bits per heavy atom. The molecular weight excluding hydrogens is 221 g/mol. The molecule has 1 fully saturated rings. The first-order valence-corrected chi connectivity index (χ1v) is 5.89. The monoisotopic (exact) mass is 237 g/mol. The maximum atomic E-state index is 13.6. The van der Waals surface area contributed by atoms with Gasteiger partial charge in [-0.2, -0.15) is 0 Å². The summed E-state index contributed by atoms with van der Waals surface area (Å²) >= 11 is 0. The van der Waals surface area contributed by atoms with E-state index in [-0.39, 0.29) is 24.3 Å². The molecular formula is C13H16FNO2. The fraction of sp³-hybridized carbons (Fsp3) is 0.462. The molecule has 0 aliphatic carbocycles. The van der Waals surface area contributed by atoms with Gasteiger partial charge in [-0.3, -0.25) is 4.79 Å². The zero-order valence-corrected chi connectivity index (χ0v) is 9.53. The van der Waals surface area contributed by atoms with E-state index < -0.39 is 5.97 Å². The minimum absolute atomic E-state index is 0.0501. The summed E-state index contributed by atoms with van der Waals surface area (Å²) in [4.78, 5) is 10.7. The molecule has 2 atom stereocenters. The molecule has 1 aliphatic rings. The van der Waals surface area contributed by atoms with E-state index in [0.717, 1.165) is 19.3 Å². The summed E-state index contributed by atoms with van der Waals surface area (Å²) in [6.07, 6.45) is 2.74. The van der Waals surface area contributed by atoms with Gasteiger partial charge in [0.25, 0.3) is 0 Å². The van der Waals surface area contributed by atoms with Gasteiger partial charge in [0.2, 0.25) is 0 Å². The second-order valence-electron chi connectivity index (χ2n) is 4.47. The first-order chi connectivity index (χ1) is 8.16. The van der Waals surface area contributed by atoms with E-state index >= 15 is 0 Å². The number of nitrogens with one attached hydrogen (secondary N) is 1. The molecule has 1 aromatic rings. The first-order valence-electron chi connectivity index (χ1n) is 5.89. The molecule has 92 valence electrons. The number of hydrogen-bond acceptors (Lipinski definition) is 2. The van der Waals surface area contributed by atoms with Crippen molar-refractivity contribution in [3.8, 4) is 0 Å². The lowest BCUT2D eigenvalue weighted by Gasteiger charge is -2.30. The van der Waals surface area contributed by atoms with Crippen LogP contribution in [-0.2, 0) is 4.79 Å². The van der Waals surface area contributed by atoms with Crippen LogP contribution in [0.2, 0.25) is 0 Å². The van der Waals surface area contributed by atoms with Crippen molar-refractivity contribution >= 4 is 5.97 Å². The molecule has 1 aromatic carbocycles. The number of rotatable bonds is 3. The van der Waals surface area contributed by atoms with Crippen LogP contribution in [0.5, 0.6) is 0 Å². The highest BCUT2D eigenvalue weighted by Gasteiger charge is 2.25. The number of hydrogen-bond donors (Lipinski definition) is 2. The molecule has 0 bridgehead atoms. The lowest BCUT2D eigenvalue weighted by Crippen LogP contribution is -2.38. The number of piperidine rings is 1. The molecule has 17 heavy (non-hydrogen) atoms. The summed E-state index contributed by atoms with van der Waals surface area (Å²) in [6.45, 7) is 0.